The van der Waals surface area contributed by atoms with Crippen LogP contribution in [0.3, 0.4) is 0 Å². The third kappa shape index (κ3) is 3.49. The Bertz CT molecular complexity index is 717. The van der Waals surface area contributed by atoms with Gasteiger partial charge >= 0.3 is 0 Å². The number of hydrogen-bond acceptors (Lipinski definition) is 2. The second-order valence-corrected chi connectivity index (χ2v) is 6.42. The molecule has 0 aromatic heterocycles. The predicted molar refractivity (Wildman–Crippen MR) is 91.2 cm³/mol. The molecule has 0 saturated carbocycles. The van der Waals surface area contributed by atoms with Gasteiger partial charge in [0, 0.05) is 18.2 Å². The Kier molecular flexibility index (Phi) is 4.95. The lowest BCUT2D eigenvalue weighted by molar-refractivity contribution is 0.0667. The van der Waals surface area contributed by atoms with E-state index in [0.29, 0.717) is 24.1 Å². The van der Waals surface area contributed by atoms with Crippen molar-refractivity contribution in [2.75, 3.05) is 6.54 Å². The van der Waals surface area contributed by atoms with Gasteiger partial charge in [0.2, 0.25) is 0 Å². The van der Waals surface area contributed by atoms with Crippen LogP contribution in [0, 0.1) is 12.7 Å². The molecule has 126 valence electrons. The fourth-order valence-corrected chi connectivity index (χ4v) is 3.36. The van der Waals surface area contributed by atoms with Crippen molar-refractivity contribution < 1.29 is 14.3 Å². The fraction of sp³-hybridized carbons (Fsp3) is 0.350. The first-order valence-electron chi connectivity index (χ1n) is 8.36. The van der Waals surface area contributed by atoms with Gasteiger partial charge in [0.25, 0.3) is 5.91 Å². The van der Waals surface area contributed by atoms with E-state index in [-0.39, 0.29) is 17.8 Å². The molecule has 24 heavy (non-hydrogen) atoms. The molecule has 1 fully saturated rings. The number of rotatable bonds is 4. The van der Waals surface area contributed by atoms with Crippen LogP contribution in [0.5, 0.6) is 0 Å². The van der Waals surface area contributed by atoms with E-state index in [4.69, 9.17) is 0 Å². The average molecular weight is 327 g/mol. The molecule has 1 aliphatic rings. The van der Waals surface area contributed by atoms with Gasteiger partial charge in [-0.1, -0.05) is 30.3 Å². The van der Waals surface area contributed by atoms with Gasteiger partial charge in [-0.3, -0.25) is 4.79 Å². The minimum atomic E-state index is -0.584. The molecule has 4 heteroatoms. The standard InChI is InChI=1S/C20H22FNO2/c1-14-12-16(9-10-18(14)21)20(24)22-11-5-8-17(22)13-19(23)15-6-3-2-4-7-15/h2-4,6-7,9-10,12,17,19,23H,5,8,11,13H2,1H3. The zero-order valence-corrected chi connectivity index (χ0v) is 13.8. The number of halogens is 1. The van der Waals surface area contributed by atoms with Crippen molar-refractivity contribution in [3.05, 3.63) is 71.0 Å². The summed E-state index contributed by atoms with van der Waals surface area (Å²) in [5.74, 6) is -0.384. The number of aliphatic hydroxyl groups excluding tert-OH is 1. The molecule has 1 saturated heterocycles. The molecule has 1 heterocycles. The number of carbonyl (C=O) groups is 1. The van der Waals surface area contributed by atoms with Crippen LogP contribution in [0.1, 0.15) is 46.9 Å². The summed E-state index contributed by atoms with van der Waals surface area (Å²) in [6.07, 6.45) is 1.75. The summed E-state index contributed by atoms with van der Waals surface area (Å²) in [6, 6.07) is 14.0. The number of benzene rings is 2. The summed E-state index contributed by atoms with van der Waals surface area (Å²) < 4.78 is 13.4. The minimum Gasteiger partial charge on any atom is -0.388 e. The van der Waals surface area contributed by atoms with Gasteiger partial charge in [-0.25, -0.2) is 4.39 Å². The van der Waals surface area contributed by atoms with E-state index >= 15 is 0 Å². The average Bonchev–Trinajstić information content (AvgIpc) is 3.05. The number of nitrogens with zero attached hydrogens (tertiary/aromatic N) is 1. The molecule has 0 bridgehead atoms. The predicted octanol–water partition coefficient (Wildman–Crippen LogP) is 3.86. The Morgan fingerprint density at radius 3 is 2.75 bits per heavy atom. The second-order valence-electron chi connectivity index (χ2n) is 6.42. The maximum Gasteiger partial charge on any atom is 0.254 e. The van der Waals surface area contributed by atoms with Crippen LogP contribution in [0.15, 0.2) is 48.5 Å². The van der Waals surface area contributed by atoms with Crippen LogP contribution in [0.2, 0.25) is 0 Å². The summed E-state index contributed by atoms with van der Waals surface area (Å²) in [5, 5.41) is 10.4. The van der Waals surface area contributed by atoms with E-state index in [2.05, 4.69) is 0 Å². The lowest BCUT2D eigenvalue weighted by Crippen LogP contribution is -2.36. The van der Waals surface area contributed by atoms with Gasteiger partial charge in [-0.05, 0) is 55.5 Å². The quantitative estimate of drug-likeness (QED) is 0.926. The first kappa shape index (κ1) is 16.7. The van der Waals surface area contributed by atoms with Gasteiger partial charge in [0.05, 0.1) is 6.10 Å². The van der Waals surface area contributed by atoms with Crippen molar-refractivity contribution in [1.29, 1.82) is 0 Å². The number of amides is 1. The highest BCUT2D eigenvalue weighted by Crippen LogP contribution is 2.28. The Balaban J connectivity index is 1.73. The topological polar surface area (TPSA) is 40.5 Å². The molecule has 3 nitrogen and oxygen atoms in total. The Morgan fingerprint density at radius 2 is 2.04 bits per heavy atom. The normalized spacial score (nSPS) is 18.6. The molecule has 2 atom stereocenters. The van der Waals surface area contributed by atoms with Crippen molar-refractivity contribution in [3.8, 4) is 0 Å². The van der Waals surface area contributed by atoms with E-state index < -0.39 is 6.10 Å². The molecule has 2 aromatic rings. The molecule has 1 aliphatic heterocycles. The highest BCUT2D eigenvalue weighted by molar-refractivity contribution is 5.94. The summed E-state index contributed by atoms with van der Waals surface area (Å²) in [7, 11) is 0. The lowest BCUT2D eigenvalue weighted by Gasteiger charge is -2.27. The molecule has 2 unspecified atom stereocenters. The highest BCUT2D eigenvalue weighted by Gasteiger charge is 2.31. The molecule has 0 radical (unpaired) electrons. The molecule has 0 aliphatic carbocycles. The summed E-state index contributed by atoms with van der Waals surface area (Å²) in [4.78, 5) is 14.6. The van der Waals surface area contributed by atoms with Crippen molar-refractivity contribution in [2.24, 2.45) is 0 Å². The van der Waals surface area contributed by atoms with Crippen LogP contribution < -0.4 is 0 Å². The minimum absolute atomic E-state index is 0.0121. The van der Waals surface area contributed by atoms with Gasteiger partial charge < -0.3 is 10.0 Å². The van der Waals surface area contributed by atoms with E-state index in [1.807, 2.05) is 35.2 Å². The zero-order chi connectivity index (χ0) is 17.1. The van der Waals surface area contributed by atoms with E-state index in [1.54, 1.807) is 13.0 Å². The highest BCUT2D eigenvalue weighted by atomic mass is 19.1. The lowest BCUT2D eigenvalue weighted by atomic mass is 10.00. The summed E-state index contributed by atoms with van der Waals surface area (Å²) in [6.45, 7) is 2.34. The molecular formula is C20H22FNO2. The number of hydrogen-bond donors (Lipinski definition) is 1. The third-order valence-electron chi connectivity index (χ3n) is 4.72. The van der Waals surface area contributed by atoms with Crippen LogP contribution in [0.25, 0.3) is 0 Å². The van der Waals surface area contributed by atoms with Crippen molar-refractivity contribution in [2.45, 2.75) is 38.3 Å². The molecular weight excluding hydrogens is 305 g/mol. The number of aryl methyl sites for hydroxylation is 1. The number of aliphatic hydroxyl groups is 1. The molecule has 1 amide bonds. The number of carbonyl (C=O) groups excluding carboxylic acids is 1. The molecule has 2 aromatic carbocycles. The number of likely N-dealkylation sites (tertiary alicyclic amines) is 1. The van der Waals surface area contributed by atoms with Crippen molar-refractivity contribution in [1.82, 2.24) is 4.90 Å². The smallest absolute Gasteiger partial charge is 0.254 e. The van der Waals surface area contributed by atoms with E-state index in [1.165, 1.54) is 12.1 Å². The van der Waals surface area contributed by atoms with Gasteiger partial charge in [0.15, 0.2) is 0 Å². The van der Waals surface area contributed by atoms with Crippen LogP contribution >= 0.6 is 0 Å². The largest absolute Gasteiger partial charge is 0.388 e. The molecule has 0 spiro atoms. The van der Waals surface area contributed by atoms with Crippen LogP contribution in [-0.4, -0.2) is 28.5 Å². The van der Waals surface area contributed by atoms with Crippen LogP contribution in [0.4, 0.5) is 4.39 Å². The SMILES string of the molecule is Cc1cc(C(=O)N2CCCC2CC(O)c2ccccc2)ccc1F. The summed E-state index contributed by atoms with van der Waals surface area (Å²) >= 11 is 0. The van der Waals surface area contributed by atoms with Gasteiger partial charge in [-0.15, -0.1) is 0 Å². The maximum absolute atomic E-state index is 13.4. The van der Waals surface area contributed by atoms with E-state index in [9.17, 15) is 14.3 Å². The third-order valence-corrected chi connectivity index (χ3v) is 4.72. The van der Waals surface area contributed by atoms with Crippen molar-refractivity contribution >= 4 is 5.91 Å². The first-order valence-corrected chi connectivity index (χ1v) is 8.36. The maximum atomic E-state index is 13.4. The first-order chi connectivity index (χ1) is 11.6. The van der Waals surface area contributed by atoms with Crippen molar-refractivity contribution in [3.63, 3.8) is 0 Å². The second kappa shape index (κ2) is 7.14. The van der Waals surface area contributed by atoms with Gasteiger partial charge in [0.1, 0.15) is 5.82 Å². The van der Waals surface area contributed by atoms with E-state index in [0.717, 1.165) is 18.4 Å². The zero-order valence-electron chi connectivity index (χ0n) is 13.8. The van der Waals surface area contributed by atoms with Gasteiger partial charge in [-0.2, -0.15) is 0 Å². The molecule has 3 rings (SSSR count). The van der Waals surface area contributed by atoms with Crippen LogP contribution in [-0.2, 0) is 0 Å². The summed E-state index contributed by atoms with van der Waals surface area (Å²) in [5.41, 5.74) is 1.85. The fourth-order valence-electron chi connectivity index (χ4n) is 3.36. The monoisotopic (exact) mass is 327 g/mol. The Morgan fingerprint density at radius 1 is 1.29 bits per heavy atom. The Hall–Kier alpha value is -2.20. The Labute approximate surface area is 141 Å². The molecule has 1 N–H and O–H groups in total.